The standard InChI is InChI=1S/C15H31N5O3S.HI/c1-4-14(21)20-11-8-13(12-20)19-15(16-5-2)17-9-7-10-18-24(22,23)6-3;/h13,18H,4-12H2,1-3H3,(H2,16,17,19);1H. The van der Waals surface area contributed by atoms with Crippen molar-refractivity contribution in [2.24, 2.45) is 4.99 Å². The number of carbonyl (C=O) groups is 1. The molecule has 0 aliphatic carbocycles. The van der Waals surface area contributed by atoms with Gasteiger partial charge in [-0.25, -0.2) is 13.1 Å². The average Bonchev–Trinajstić information content (AvgIpc) is 3.02. The fraction of sp³-hybridized carbons (Fsp3) is 0.867. The van der Waals surface area contributed by atoms with Crippen LogP contribution in [0.4, 0.5) is 0 Å². The molecule has 1 aliphatic rings. The van der Waals surface area contributed by atoms with Crippen molar-refractivity contribution in [3.63, 3.8) is 0 Å². The third-order valence-electron chi connectivity index (χ3n) is 3.84. The van der Waals surface area contributed by atoms with Crippen LogP contribution in [0.2, 0.25) is 0 Å². The summed E-state index contributed by atoms with van der Waals surface area (Å²) < 4.78 is 25.2. The van der Waals surface area contributed by atoms with Gasteiger partial charge in [-0.15, -0.1) is 24.0 Å². The highest BCUT2D eigenvalue weighted by Crippen LogP contribution is 2.10. The van der Waals surface area contributed by atoms with Gasteiger partial charge in [0.1, 0.15) is 0 Å². The zero-order valence-electron chi connectivity index (χ0n) is 15.4. The Kier molecular flexibility index (Phi) is 12.4. The Morgan fingerprint density at radius 1 is 1.28 bits per heavy atom. The van der Waals surface area contributed by atoms with E-state index in [1.54, 1.807) is 6.92 Å². The molecule has 1 unspecified atom stereocenters. The average molecular weight is 489 g/mol. The van der Waals surface area contributed by atoms with E-state index in [1.165, 1.54) is 0 Å². The van der Waals surface area contributed by atoms with Crippen LogP contribution < -0.4 is 15.4 Å². The summed E-state index contributed by atoms with van der Waals surface area (Å²) in [5.74, 6) is 0.992. The van der Waals surface area contributed by atoms with Gasteiger partial charge in [0.05, 0.1) is 5.75 Å². The fourth-order valence-electron chi connectivity index (χ4n) is 2.44. The van der Waals surface area contributed by atoms with Crippen molar-refractivity contribution in [2.75, 3.05) is 38.5 Å². The van der Waals surface area contributed by atoms with E-state index in [0.717, 1.165) is 19.5 Å². The highest BCUT2D eigenvalue weighted by molar-refractivity contribution is 14.0. The van der Waals surface area contributed by atoms with E-state index >= 15 is 0 Å². The van der Waals surface area contributed by atoms with E-state index < -0.39 is 10.0 Å². The molecule has 1 aliphatic heterocycles. The normalized spacial score (nSPS) is 18.0. The van der Waals surface area contributed by atoms with Gasteiger partial charge in [-0.3, -0.25) is 9.79 Å². The summed E-state index contributed by atoms with van der Waals surface area (Å²) in [6.07, 6.45) is 2.09. The molecule has 148 valence electrons. The fourth-order valence-corrected chi connectivity index (χ4v) is 3.10. The number of guanidine groups is 1. The first-order valence-corrected chi connectivity index (χ1v) is 10.4. The maximum atomic E-state index is 11.7. The van der Waals surface area contributed by atoms with Crippen molar-refractivity contribution in [3.8, 4) is 0 Å². The van der Waals surface area contributed by atoms with Crippen molar-refractivity contribution < 1.29 is 13.2 Å². The number of hydrogen-bond acceptors (Lipinski definition) is 4. The summed E-state index contributed by atoms with van der Waals surface area (Å²) in [5.41, 5.74) is 0. The van der Waals surface area contributed by atoms with Crippen LogP contribution in [-0.4, -0.2) is 69.7 Å². The van der Waals surface area contributed by atoms with Crippen LogP contribution in [0.5, 0.6) is 0 Å². The van der Waals surface area contributed by atoms with Gasteiger partial charge in [0.2, 0.25) is 15.9 Å². The lowest BCUT2D eigenvalue weighted by Crippen LogP contribution is -2.45. The maximum Gasteiger partial charge on any atom is 0.222 e. The molecule has 0 spiro atoms. The molecule has 0 bridgehead atoms. The van der Waals surface area contributed by atoms with Gasteiger partial charge < -0.3 is 15.5 Å². The molecule has 0 aromatic carbocycles. The molecule has 3 N–H and O–H groups in total. The minimum Gasteiger partial charge on any atom is -0.357 e. The van der Waals surface area contributed by atoms with E-state index in [9.17, 15) is 13.2 Å². The molecule has 0 aromatic heterocycles. The van der Waals surface area contributed by atoms with Crippen LogP contribution in [-0.2, 0) is 14.8 Å². The number of likely N-dealkylation sites (tertiary alicyclic amines) is 1. The number of hydrogen-bond donors (Lipinski definition) is 3. The quantitative estimate of drug-likeness (QED) is 0.190. The minimum absolute atomic E-state index is 0. The van der Waals surface area contributed by atoms with Crippen molar-refractivity contribution in [1.29, 1.82) is 0 Å². The van der Waals surface area contributed by atoms with Crippen LogP contribution in [0.3, 0.4) is 0 Å². The summed E-state index contributed by atoms with van der Waals surface area (Å²) in [7, 11) is -3.13. The lowest BCUT2D eigenvalue weighted by atomic mass is 10.3. The van der Waals surface area contributed by atoms with Crippen molar-refractivity contribution >= 4 is 45.9 Å². The smallest absolute Gasteiger partial charge is 0.222 e. The lowest BCUT2D eigenvalue weighted by molar-refractivity contribution is -0.129. The van der Waals surface area contributed by atoms with Crippen LogP contribution >= 0.6 is 24.0 Å². The van der Waals surface area contributed by atoms with Crippen LogP contribution in [0, 0.1) is 0 Å². The zero-order valence-corrected chi connectivity index (χ0v) is 18.5. The summed E-state index contributed by atoms with van der Waals surface area (Å²) in [4.78, 5) is 18.1. The molecular formula is C15H32IN5O3S. The predicted octanol–water partition coefficient (Wildman–Crippen LogP) is 0.500. The van der Waals surface area contributed by atoms with Crippen molar-refractivity contribution in [3.05, 3.63) is 0 Å². The second-order valence-corrected chi connectivity index (χ2v) is 7.83. The summed E-state index contributed by atoms with van der Waals surface area (Å²) >= 11 is 0. The number of rotatable bonds is 9. The second-order valence-electron chi connectivity index (χ2n) is 5.74. The number of carbonyl (C=O) groups excluding carboxylic acids is 1. The second kappa shape index (κ2) is 12.7. The van der Waals surface area contributed by atoms with Crippen LogP contribution in [0.25, 0.3) is 0 Å². The molecule has 0 aromatic rings. The molecule has 0 saturated carbocycles. The van der Waals surface area contributed by atoms with Crippen LogP contribution in [0.15, 0.2) is 4.99 Å². The maximum absolute atomic E-state index is 11.7. The van der Waals surface area contributed by atoms with E-state index in [0.29, 0.717) is 38.4 Å². The number of sulfonamides is 1. The Bertz CT molecular complexity index is 527. The molecule has 1 atom stereocenters. The molecule has 25 heavy (non-hydrogen) atoms. The summed E-state index contributed by atoms with van der Waals surface area (Å²) in [6, 6.07) is 0.205. The molecule has 0 radical (unpaired) electrons. The van der Waals surface area contributed by atoms with E-state index in [4.69, 9.17) is 0 Å². The molecule has 10 heteroatoms. The molecule has 1 saturated heterocycles. The van der Waals surface area contributed by atoms with Gasteiger partial charge in [-0.05, 0) is 26.7 Å². The largest absolute Gasteiger partial charge is 0.357 e. The molecule has 1 amide bonds. The minimum atomic E-state index is -3.13. The number of nitrogens with one attached hydrogen (secondary N) is 3. The summed E-state index contributed by atoms with van der Waals surface area (Å²) in [5, 5.41) is 6.53. The van der Waals surface area contributed by atoms with Crippen molar-refractivity contribution in [2.45, 2.75) is 46.1 Å². The monoisotopic (exact) mass is 489 g/mol. The Balaban J connectivity index is 0.00000576. The third-order valence-corrected chi connectivity index (χ3v) is 5.24. The lowest BCUT2D eigenvalue weighted by Gasteiger charge is -2.18. The number of nitrogens with zero attached hydrogens (tertiary/aromatic N) is 2. The first-order valence-electron chi connectivity index (χ1n) is 8.71. The van der Waals surface area contributed by atoms with Crippen molar-refractivity contribution in [1.82, 2.24) is 20.3 Å². The van der Waals surface area contributed by atoms with Gasteiger partial charge in [0, 0.05) is 45.2 Å². The first kappa shape index (κ1) is 24.4. The Morgan fingerprint density at radius 2 is 2.00 bits per heavy atom. The van der Waals surface area contributed by atoms with E-state index in [1.807, 2.05) is 18.7 Å². The number of aliphatic imine (C=N–C) groups is 1. The molecular weight excluding hydrogens is 457 g/mol. The third kappa shape index (κ3) is 9.59. The van der Waals surface area contributed by atoms with Gasteiger partial charge in [0.15, 0.2) is 5.96 Å². The zero-order chi connectivity index (χ0) is 18.0. The Labute approximate surface area is 168 Å². The highest BCUT2D eigenvalue weighted by Gasteiger charge is 2.25. The van der Waals surface area contributed by atoms with Gasteiger partial charge in [-0.1, -0.05) is 6.92 Å². The van der Waals surface area contributed by atoms with Crippen LogP contribution in [0.1, 0.15) is 40.0 Å². The topological polar surface area (TPSA) is 103 Å². The van der Waals surface area contributed by atoms with E-state index in [2.05, 4.69) is 20.3 Å². The molecule has 1 rings (SSSR count). The number of amides is 1. The summed E-state index contributed by atoms with van der Waals surface area (Å²) in [6.45, 7) is 8.64. The number of halogens is 1. The first-order chi connectivity index (χ1) is 11.4. The molecule has 1 heterocycles. The predicted molar refractivity (Wildman–Crippen MR) is 112 cm³/mol. The Morgan fingerprint density at radius 3 is 2.60 bits per heavy atom. The Hall–Kier alpha value is -0.620. The van der Waals surface area contributed by atoms with Gasteiger partial charge >= 0.3 is 0 Å². The van der Waals surface area contributed by atoms with Gasteiger partial charge in [0.25, 0.3) is 0 Å². The van der Waals surface area contributed by atoms with Gasteiger partial charge in [-0.2, -0.15) is 0 Å². The molecule has 8 nitrogen and oxygen atoms in total. The highest BCUT2D eigenvalue weighted by atomic mass is 127. The molecule has 1 fully saturated rings. The SMILES string of the molecule is CCNC(=NCCCNS(=O)(=O)CC)NC1CCN(C(=O)CC)C1.I. The van der Waals surface area contributed by atoms with E-state index in [-0.39, 0.29) is 41.7 Å².